The van der Waals surface area contributed by atoms with Gasteiger partial charge in [0.25, 0.3) is 0 Å². The van der Waals surface area contributed by atoms with Crippen molar-refractivity contribution in [3.8, 4) is 0 Å². The Kier molecular flexibility index (Phi) is 3.98. The highest BCUT2D eigenvalue weighted by Gasteiger charge is 2.21. The van der Waals surface area contributed by atoms with E-state index in [0.29, 0.717) is 26.3 Å². The fourth-order valence-electron chi connectivity index (χ4n) is 1.71. The molecule has 0 aromatic carbocycles. The van der Waals surface area contributed by atoms with E-state index in [2.05, 4.69) is 9.72 Å². The van der Waals surface area contributed by atoms with E-state index >= 15 is 0 Å². The summed E-state index contributed by atoms with van der Waals surface area (Å²) in [5.41, 5.74) is -0.0753. The van der Waals surface area contributed by atoms with Gasteiger partial charge in [0.1, 0.15) is 10.7 Å². The van der Waals surface area contributed by atoms with Crippen LogP contribution in [0.15, 0.2) is 6.07 Å². The summed E-state index contributed by atoms with van der Waals surface area (Å²) >= 11 is 5.86. The van der Waals surface area contributed by atoms with Gasteiger partial charge in [-0.15, -0.1) is 0 Å². The third kappa shape index (κ3) is 2.54. The molecule has 1 aliphatic heterocycles. The molecule has 0 amide bonds. The topological polar surface area (TPSA) is 51.7 Å². The second-order valence-electron chi connectivity index (χ2n) is 3.72. The second-order valence-corrected chi connectivity index (χ2v) is 4.08. The number of carbonyl (C=O) groups excluding carboxylic acids is 1. The fraction of sp³-hybridized carbons (Fsp3) is 0.455. The molecule has 0 atom stereocenters. The highest BCUT2D eigenvalue weighted by molar-refractivity contribution is 6.32. The maximum atomic E-state index is 13.9. The molecule has 98 valence electrons. The molecule has 1 fully saturated rings. The highest BCUT2D eigenvalue weighted by atomic mass is 35.5. The van der Waals surface area contributed by atoms with Crippen molar-refractivity contribution in [3.63, 3.8) is 0 Å². The number of methoxy groups -OCH3 is 1. The number of halogens is 2. The van der Waals surface area contributed by atoms with Crippen LogP contribution in [0.5, 0.6) is 0 Å². The van der Waals surface area contributed by atoms with Crippen LogP contribution in [0.3, 0.4) is 0 Å². The Hall–Kier alpha value is -1.40. The Bertz CT molecular complexity index is 464. The van der Waals surface area contributed by atoms with E-state index in [1.807, 2.05) is 0 Å². The second kappa shape index (κ2) is 5.49. The summed E-state index contributed by atoms with van der Waals surface area (Å²) in [5, 5.41) is -0.0651. The predicted molar refractivity (Wildman–Crippen MR) is 63.6 cm³/mol. The van der Waals surface area contributed by atoms with Crippen molar-refractivity contribution in [3.05, 3.63) is 22.6 Å². The Morgan fingerprint density at radius 1 is 1.56 bits per heavy atom. The van der Waals surface area contributed by atoms with Gasteiger partial charge < -0.3 is 14.4 Å². The number of nitrogens with zero attached hydrogens (tertiary/aromatic N) is 2. The van der Waals surface area contributed by atoms with Gasteiger partial charge in [0.15, 0.2) is 11.6 Å². The molecule has 1 saturated heterocycles. The van der Waals surface area contributed by atoms with Crippen LogP contribution >= 0.6 is 11.6 Å². The van der Waals surface area contributed by atoms with Gasteiger partial charge in [-0.25, -0.2) is 14.2 Å². The van der Waals surface area contributed by atoms with Gasteiger partial charge in [0, 0.05) is 13.1 Å². The SMILES string of the molecule is COC(=O)c1cc(F)c(N2CCOCC2)nc1Cl. The van der Waals surface area contributed by atoms with Crippen molar-refractivity contribution < 1.29 is 18.7 Å². The minimum absolute atomic E-state index is 0.0651. The molecule has 1 aliphatic rings. The molecular formula is C11H12ClFN2O3. The van der Waals surface area contributed by atoms with E-state index in [1.165, 1.54) is 7.11 Å². The van der Waals surface area contributed by atoms with Gasteiger partial charge in [-0.2, -0.15) is 0 Å². The third-order valence-corrected chi connectivity index (χ3v) is 2.92. The number of hydrogen-bond donors (Lipinski definition) is 0. The van der Waals surface area contributed by atoms with Crippen LogP contribution < -0.4 is 4.90 Å². The number of morpholine rings is 1. The molecule has 0 unspecified atom stereocenters. The van der Waals surface area contributed by atoms with Gasteiger partial charge in [0.2, 0.25) is 0 Å². The first-order valence-electron chi connectivity index (χ1n) is 5.40. The summed E-state index contributed by atoms with van der Waals surface area (Å²) in [6, 6.07) is 1.05. The lowest BCUT2D eigenvalue weighted by atomic mass is 10.2. The molecule has 2 heterocycles. The summed E-state index contributed by atoms with van der Waals surface area (Å²) in [6.07, 6.45) is 0. The first-order chi connectivity index (χ1) is 8.63. The molecule has 1 aromatic heterocycles. The summed E-state index contributed by atoms with van der Waals surface area (Å²) in [5.74, 6) is -1.17. The van der Waals surface area contributed by atoms with Gasteiger partial charge in [-0.05, 0) is 6.07 Å². The van der Waals surface area contributed by atoms with E-state index in [0.717, 1.165) is 6.07 Å². The molecule has 0 N–H and O–H groups in total. The molecule has 0 bridgehead atoms. The van der Waals surface area contributed by atoms with E-state index in [9.17, 15) is 9.18 Å². The van der Waals surface area contributed by atoms with Crippen molar-refractivity contribution in [2.45, 2.75) is 0 Å². The third-order valence-electron chi connectivity index (χ3n) is 2.63. The quantitative estimate of drug-likeness (QED) is 0.604. The van der Waals surface area contributed by atoms with E-state index in [4.69, 9.17) is 16.3 Å². The maximum Gasteiger partial charge on any atom is 0.341 e. The van der Waals surface area contributed by atoms with Crippen LogP contribution in [0, 0.1) is 5.82 Å². The zero-order chi connectivity index (χ0) is 13.1. The predicted octanol–water partition coefficient (Wildman–Crippen LogP) is 1.50. The Balaban J connectivity index is 2.33. The lowest BCUT2D eigenvalue weighted by Crippen LogP contribution is -2.37. The summed E-state index contributed by atoms with van der Waals surface area (Å²) in [7, 11) is 1.20. The van der Waals surface area contributed by atoms with Gasteiger partial charge in [-0.3, -0.25) is 0 Å². The number of anilines is 1. The summed E-state index contributed by atoms with van der Waals surface area (Å²) in [6.45, 7) is 2.10. The smallest absolute Gasteiger partial charge is 0.341 e. The summed E-state index contributed by atoms with van der Waals surface area (Å²) < 4.78 is 23.6. The zero-order valence-electron chi connectivity index (χ0n) is 9.78. The lowest BCUT2D eigenvalue weighted by molar-refractivity contribution is 0.0600. The molecule has 5 nitrogen and oxygen atoms in total. The minimum Gasteiger partial charge on any atom is -0.465 e. The van der Waals surface area contributed by atoms with Crippen LogP contribution in [-0.4, -0.2) is 44.4 Å². The van der Waals surface area contributed by atoms with Crippen LogP contribution in [0.1, 0.15) is 10.4 Å². The van der Waals surface area contributed by atoms with Crippen molar-refractivity contribution in [1.29, 1.82) is 0 Å². The molecule has 0 radical (unpaired) electrons. The maximum absolute atomic E-state index is 13.9. The van der Waals surface area contributed by atoms with E-state index in [1.54, 1.807) is 4.90 Å². The molecular weight excluding hydrogens is 263 g/mol. The minimum atomic E-state index is -0.708. The number of pyridine rings is 1. The van der Waals surface area contributed by atoms with Crippen LogP contribution in [-0.2, 0) is 9.47 Å². The fourth-order valence-corrected chi connectivity index (χ4v) is 1.92. The number of ether oxygens (including phenoxy) is 2. The van der Waals surface area contributed by atoms with Crippen LogP contribution in [0.4, 0.5) is 10.2 Å². The number of rotatable bonds is 2. The number of aromatic nitrogens is 1. The molecule has 0 aliphatic carbocycles. The monoisotopic (exact) mass is 274 g/mol. The highest BCUT2D eigenvalue weighted by Crippen LogP contribution is 2.24. The van der Waals surface area contributed by atoms with Crippen molar-refractivity contribution in [2.24, 2.45) is 0 Å². The first kappa shape index (κ1) is 13.0. The molecule has 2 rings (SSSR count). The van der Waals surface area contributed by atoms with Crippen molar-refractivity contribution in [1.82, 2.24) is 4.98 Å². The van der Waals surface area contributed by atoms with Gasteiger partial charge in [0.05, 0.1) is 20.3 Å². The van der Waals surface area contributed by atoms with Crippen molar-refractivity contribution in [2.75, 3.05) is 38.3 Å². The Labute approximate surface area is 108 Å². The first-order valence-corrected chi connectivity index (χ1v) is 5.78. The number of hydrogen-bond acceptors (Lipinski definition) is 5. The average Bonchev–Trinajstić information content (AvgIpc) is 2.41. The molecule has 1 aromatic rings. The molecule has 18 heavy (non-hydrogen) atoms. The molecule has 0 spiro atoms. The number of esters is 1. The zero-order valence-corrected chi connectivity index (χ0v) is 10.5. The normalized spacial score (nSPS) is 15.6. The largest absolute Gasteiger partial charge is 0.465 e. The van der Waals surface area contributed by atoms with E-state index < -0.39 is 11.8 Å². The Morgan fingerprint density at radius 3 is 2.83 bits per heavy atom. The van der Waals surface area contributed by atoms with Crippen LogP contribution in [0.2, 0.25) is 5.15 Å². The van der Waals surface area contributed by atoms with Gasteiger partial charge in [-0.1, -0.05) is 11.6 Å². The molecule has 7 heteroatoms. The van der Waals surface area contributed by atoms with Crippen LogP contribution in [0.25, 0.3) is 0 Å². The molecule has 0 saturated carbocycles. The van der Waals surface area contributed by atoms with Gasteiger partial charge >= 0.3 is 5.97 Å². The standard InChI is InChI=1S/C11H12ClFN2O3/c1-17-11(16)7-6-8(13)10(14-9(7)12)15-2-4-18-5-3-15/h6H,2-5H2,1H3. The average molecular weight is 275 g/mol. The summed E-state index contributed by atoms with van der Waals surface area (Å²) in [4.78, 5) is 17.0. The Morgan fingerprint density at radius 2 is 2.22 bits per heavy atom. The van der Waals surface area contributed by atoms with Crippen molar-refractivity contribution >= 4 is 23.4 Å². The van der Waals surface area contributed by atoms with E-state index in [-0.39, 0.29) is 16.5 Å². The lowest BCUT2D eigenvalue weighted by Gasteiger charge is -2.28. The number of carbonyl (C=O) groups is 1.